The van der Waals surface area contributed by atoms with Gasteiger partial charge in [0.2, 0.25) is 0 Å². The smallest absolute Gasteiger partial charge is 0.104 e. The molecule has 1 aromatic rings. The van der Waals surface area contributed by atoms with Crippen molar-refractivity contribution in [3.63, 3.8) is 0 Å². The molecule has 0 saturated heterocycles. The molecule has 4 nitrogen and oxygen atoms in total. The summed E-state index contributed by atoms with van der Waals surface area (Å²) in [5.41, 5.74) is 3.49. The van der Waals surface area contributed by atoms with Crippen LogP contribution in [-0.4, -0.2) is 21.4 Å². The number of nitrogens with one attached hydrogen (secondary N) is 1. The molecule has 1 aliphatic carbocycles. The fourth-order valence-corrected chi connectivity index (χ4v) is 3.04. The SMILES string of the molecule is CCc1c(C)nn(CCCCC(C)(C#N)NC2CC2)c1C. The summed E-state index contributed by atoms with van der Waals surface area (Å²) in [6.45, 7) is 9.42. The van der Waals surface area contributed by atoms with E-state index in [2.05, 4.69) is 41.9 Å². The second-order valence-electron chi connectivity index (χ2n) is 6.55. The molecular weight excluding hydrogens is 260 g/mol. The third kappa shape index (κ3) is 4.07. The van der Waals surface area contributed by atoms with E-state index in [-0.39, 0.29) is 5.54 Å². The Labute approximate surface area is 128 Å². The summed E-state index contributed by atoms with van der Waals surface area (Å²) in [4.78, 5) is 0. The highest BCUT2D eigenvalue weighted by Crippen LogP contribution is 2.25. The zero-order chi connectivity index (χ0) is 15.5. The van der Waals surface area contributed by atoms with Gasteiger partial charge >= 0.3 is 0 Å². The van der Waals surface area contributed by atoms with Crippen LogP contribution in [0.1, 0.15) is 62.9 Å². The lowest BCUT2D eigenvalue weighted by Crippen LogP contribution is -2.42. The van der Waals surface area contributed by atoms with Gasteiger partial charge in [-0.05, 0) is 64.9 Å². The van der Waals surface area contributed by atoms with Crippen molar-refractivity contribution < 1.29 is 0 Å². The molecule has 1 aliphatic rings. The van der Waals surface area contributed by atoms with Crippen LogP contribution in [0.3, 0.4) is 0 Å². The van der Waals surface area contributed by atoms with E-state index in [0.29, 0.717) is 6.04 Å². The second-order valence-corrected chi connectivity index (χ2v) is 6.55. The molecule has 21 heavy (non-hydrogen) atoms. The average molecular weight is 288 g/mol. The lowest BCUT2D eigenvalue weighted by atomic mass is 9.96. The third-order valence-corrected chi connectivity index (χ3v) is 4.53. The molecular formula is C17H28N4. The summed E-state index contributed by atoms with van der Waals surface area (Å²) >= 11 is 0. The van der Waals surface area contributed by atoms with Gasteiger partial charge in [-0.3, -0.25) is 10.00 Å². The molecule has 0 spiro atoms. The quantitative estimate of drug-likeness (QED) is 0.747. The van der Waals surface area contributed by atoms with Crippen LogP contribution < -0.4 is 5.32 Å². The minimum atomic E-state index is -0.356. The van der Waals surface area contributed by atoms with Crippen molar-refractivity contribution in [2.24, 2.45) is 0 Å². The van der Waals surface area contributed by atoms with Crippen molar-refractivity contribution in [2.45, 2.75) is 84.3 Å². The number of unbranched alkanes of at least 4 members (excludes halogenated alkanes) is 1. The van der Waals surface area contributed by atoms with Gasteiger partial charge in [0.15, 0.2) is 0 Å². The Kier molecular flexibility index (Phi) is 5.05. The van der Waals surface area contributed by atoms with Gasteiger partial charge < -0.3 is 0 Å². The maximum Gasteiger partial charge on any atom is 0.104 e. The Bertz CT molecular complexity index is 522. The summed E-state index contributed by atoms with van der Waals surface area (Å²) < 4.78 is 2.13. The Balaban J connectivity index is 1.80. The monoisotopic (exact) mass is 288 g/mol. The Morgan fingerprint density at radius 3 is 2.62 bits per heavy atom. The van der Waals surface area contributed by atoms with Crippen molar-refractivity contribution in [1.82, 2.24) is 15.1 Å². The summed E-state index contributed by atoms with van der Waals surface area (Å²) in [7, 11) is 0. The summed E-state index contributed by atoms with van der Waals surface area (Å²) in [6, 6.07) is 3.03. The maximum atomic E-state index is 9.36. The van der Waals surface area contributed by atoms with Crippen LogP contribution in [0.25, 0.3) is 0 Å². The first-order valence-electron chi connectivity index (χ1n) is 8.21. The number of hydrogen-bond acceptors (Lipinski definition) is 3. The largest absolute Gasteiger partial charge is 0.297 e. The first-order chi connectivity index (χ1) is 9.99. The third-order valence-electron chi connectivity index (χ3n) is 4.53. The van der Waals surface area contributed by atoms with Crippen LogP contribution in [0.15, 0.2) is 0 Å². The minimum Gasteiger partial charge on any atom is -0.297 e. The number of rotatable bonds is 8. The van der Waals surface area contributed by atoms with Crippen LogP contribution in [0.4, 0.5) is 0 Å². The molecule has 1 heterocycles. The highest BCUT2D eigenvalue weighted by Gasteiger charge is 2.31. The Morgan fingerprint density at radius 1 is 1.38 bits per heavy atom. The van der Waals surface area contributed by atoms with Gasteiger partial charge in [-0.1, -0.05) is 6.92 Å². The molecule has 0 amide bonds. The van der Waals surface area contributed by atoms with Gasteiger partial charge in [-0.15, -0.1) is 0 Å². The summed E-state index contributed by atoms with van der Waals surface area (Å²) in [6.07, 6.45) is 6.55. The molecule has 0 aliphatic heterocycles. The lowest BCUT2D eigenvalue weighted by Gasteiger charge is -2.23. The molecule has 1 unspecified atom stereocenters. The number of nitrogens with zero attached hydrogens (tertiary/aromatic N) is 3. The number of hydrogen-bond donors (Lipinski definition) is 1. The zero-order valence-electron chi connectivity index (χ0n) is 13.9. The molecule has 1 atom stereocenters. The Morgan fingerprint density at radius 2 is 2.10 bits per heavy atom. The van der Waals surface area contributed by atoms with Crippen LogP contribution in [0, 0.1) is 25.2 Å². The van der Waals surface area contributed by atoms with Gasteiger partial charge in [-0.2, -0.15) is 10.4 Å². The van der Waals surface area contributed by atoms with Crippen molar-refractivity contribution in [3.8, 4) is 6.07 Å². The van der Waals surface area contributed by atoms with Crippen LogP contribution in [0.2, 0.25) is 0 Å². The van der Waals surface area contributed by atoms with Gasteiger partial charge in [-0.25, -0.2) is 0 Å². The number of nitriles is 1. The van der Waals surface area contributed by atoms with Crippen molar-refractivity contribution in [1.29, 1.82) is 5.26 Å². The highest BCUT2D eigenvalue weighted by atomic mass is 15.3. The van der Waals surface area contributed by atoms with Crippen LogP contribution in [0.5, 0.6) is 0 Å². The van der Waals surface area contributed by atoms with Crippen LogP contribution in [-0.2, 0) is 13.0 Å². The predicted molar refractivity (Wildman–Crippen MR) is 85.1 cm³/mol. The fourth-order valence-electron chi connectivity index (χ4n) is 3.04. The summed E-state index contributed by atoms with van der Waals surface area (Å²) in [5, 5.41) is 17.5. The topological polar surface area (TPSA) is 53.6 Å². The van der Waals surface area contributed by atoms with Gasteiger partial charge in [0.1, 0.15) is 5.54 Å². The molecule has 2 rings (SSSR count). The maximum absolute atomic E-state index is 9.36. The molecule has 0 bridgehead atoms. The van der Waals surface area contributed by atoms with E-state index >= 15 is 0 Å². The average Bonchev–Trinajstić information content (AvgIpc) is 3.21. The van der Waals surface area contributed by atoms with E-state index < -0.39 is 0 Å². The first-order valence-corrected chi connectivity index (χ1v) is 8.21. The van der Waals surface area contributed by atoms with Crippen molar-refractivity contribution in [3.05, 3.63) is 17.0 Å². The molecule has 0 radical (unpaired) electrons. The first kappa shape index (κ1) is 16.0. The molecule has 1 saturated carbocycles. The van der Waals surface area contributed by atoms with E-state index in [1.807, 2.05) is 6.92 Å². The van der Waals surface area contributed by atoms with Crippen molar-refractivity contribution in [2.75, 3.05) is 0 Å². The minimum absolute atomic E-state index is 0.356. The molecule has 1 aromatic heterocycles. The van der Waals surface area contributed by atoms with Gasteiger partial charge in [0, 0.05) is 18.3 Å². The number of aryl methyl sites for hydroxylation is 2. The predicted octanol–water partition coefficient (Wildman–Crippen LogP) is 3.27. The second kappa shape index (κ2) is 6.62. The molecule has 116 valence electrons. The lowest BCUT2D eigenvalue weighted by molar-refractivity contribution is 0.388. The van der Waals surface area contributed by atoms with E-state index in [9.17, 15) is 5.26 Å². The van der Waals surface area contributed by atoms with E-state index in [1.165, 1.54) is 24.1 Å². The molecule has 4 heteroatoms. The van der Waals surface area contributed by atoms with Crippen molar-refractivity contribution >= 4 is 0 Å². The highest BCUT2D eigenvalue weighted by molar-refractivity contribution is 5.24. The summed E-state index contributed by atoms with van der Waals surface area (Å²) in [5.74, 6) is 0. The molecule has 1 fully saturated rings. The zero-order valence-corrected chi connectivity index (χ0v) is 13.9. The van der Waals surface area contributed by atoms with Crippen LogP contribution >= 0.6 is 0 Å². The van der Waals surface area contributed by atoms with Gasteiger partial charge in [0.25, 0.3) is 0 Å². The standard InChI is InChI=1S/C17H28N4/c1-5-16-13(2)20-21(14(16)3)11-7-6-10-17(4,12-18)19-15-8-9-15/h15,19H,5-11H2,1-4H3. The number of aromatic nitrogens is 2. The van der Waals surface area contributed by atoms with E-state index in [1.54, 1.807) is 0 Å². The van der Waals surface area contributed by atoms with E-state index in [0.717, 1.165) is 37.9 Å². The molecule has 1 N–H and O–H groups in total. The molecule has 0 aromatic carbocycles. The normalized spacial score (nSPS) is 17.5. The van der Waals surface area contributed by atoms with E-state index in [4.69, 9.17) is 0 Å². The van der Waals surface area contributed by atoms with Gasteiger partial charge in [0.05, 0.1) is 11.8 Å². The fraction of sp³-hybridized carbons (Fsp3) is 0.765. The Hall–Kier alpha value is -1.34.